The third-order valence-electron chi connectivity index (χ3n) is 5.26. The van der Waals surface area contributed by atoms with Gasteiger partial charge in [-0.15, -0.1) is 0 Å². The fraction of sp³-hybridized carbons (Fsp3) is 0.941. The normalized spacial score (nSPS) is 16.7. The molecule has 0 aliphatic rings. The van der Waals surface area contributed by atoms with Crippen LogP contribution in [0.25, 0.3) is 0 Å². The fourth-order valence-electron chi connectivity index (χ4n) is 2.78. The van der Waals surface area contributed by atoms with E-state index in [-0.39, 0.29) is 0 Å². The number of carbonyl (C=O) groups is 1. The largest absolute Gasteiger partial charge is 0.466 e. The first-order chi connectivity index (χ1) is 17.2. The molecule has 0 aromatic rings. The van der Waals surface area contributed by atoms with Crippen molar-refractivity contribution in [2.75, 3.05) is 6.61 Å². The standard InChI is InChI=1S/C17H13F21O2/c1-3-6(5-7(39)40-4-2)8(18,19)9(20,21)10(22,23)11(24,25)12(26,27)13(28,29)14(30,31)15(32,33)16(34,35)17(36,37)38/h6H,3-5H2,1-2H3. The molecule has 0 aliphatic carbocycles. The van der Waals surface area contributed by atoms with Crippen molar-refractivity contribution in [3.63, 3.8) is 0 Å². The maximum absolute atomic E-state index is 14.2. The minimum Gasteiger partial charge on any atom is -0.466 e. The quantitative estimate of drug-likeness (QED) is 0.149. The summed E-state index contributed by atoms with van der Waals surface area (Å²) < 4.78 is 285. The average molecular weight is 648 g/mol. The van der Waals surface area contributed by atoms with E-state index in [9.17, 15) is 97.0 Å². The highest BCUT2D eigenvalue weighted by molar-refractivity contribution is 5.69. The summed E-state index contributed by atoms with van der Waals surface area (Å²) in [6.07, 6.45) is -11.7. The van der Waals surface area contributed by atoms with Crippen molar-refractivity contribution in [2.24, 2.45) is 5.92 Å². The van der Waals surface area contributed by atoms with Crippen molar-refractivity contribution in [2.45, 2.75) is 86.2 Å². The van der Waals surface area contributed by atoms with E-state index in [4.69, 9.17) is 0 Å². The van der Waals surface area contributed by atoms with Crippen LogP contribution in [0.5, 0.6) is 0 Å². The van der Waals surface area contributed by atoms with Gasteiger partial charge in [0, 0.05) is 5.92 Å². The van der Waals surface area contributed by atoms with Gasteiger partial charge in [0.05, 0.1) is 13.0 Å². The molecule has 23 heteroatoms. The monoisotopic (exact) mass is 648 g/mol. The average Bonchev–Trinajstić information content (AvgIpc) is 2.75. The van der Waals surface area contributed by atoms with E-state index in [0.717, 1.165) is 6.92 Å². The summed E-state index contributed by atoms with van der Waals surface area (Å²) >= 11 is 0. The predicted octanol–water partition coefficient (Wildman–Crippen LogP) is 8.25. The number of alkyl halides is 21. The summed E-state index contributed by atoms with van der Waals surface area (Å²) in [5, 5.41) is 0. The molecule has 0 spiro atoms. The Bertz CT molecular complexity index is 903. The fourth-order valence-corrected chi connectivity index (χ4v) is 2.78. The van der Waals surface area contributed by atoms with Crippen molar-refractivity contribution in [3.8, 4) is 0 Å². The first-order valence-electron chi connectivity index (χ1n) is 9.79. The van der Waals surface area contributed by atoms with Crippen molar-refractivity contribution in [1.29, 1.82) is 0 Å². The van der Waals surface area contributed by atoms with Gasteiger partial charge in [0.15, 0.2) is 0 Å². The maximum Gasteiger partial charge on any atom is 0.460 e. The van der Waals surface area contributed by atoms with Gasteiger partial charge in [-0.3, -0.25) is 4.79 Å². The van der Waals surface area contributed by atoms with Gasteiger partial charge in [-0.25, -0.2) is 0 Å². The molecule has 0 N–H and O–H groups in total. The van der Waals surface area contributed by atoms with Crippen molar-refractivity contribution in [1.82, 2.24) is 0 Å². The lowest BCUT2D eigenvalue weighted by molar-refractivity contribution is -0.475. The molecule has 0 saturated carbocycles. The van der Waals surface area contributed by atoms with Gasteiger partial charge >= 0.3 is 65.4 Å². The van der Waals surface area contributed by atoms with E-state index in [1.165, 1.54) is 0 Å². The molecule has 40 heavy (non-hydrogen) atoms. The molecule has 0 bridgehead atoms. The molecule has 2 nitrogen and oxygen atoms in total. The van der Waals surface area contributed by atoms with Crippen LogP contribution in [0.3, 0.4) is 0 Å². The number of halogens is 21. The van der Waals surface area contributed by atoms with E-state index >= 15 is 0 Å². The lowest BCUT2D eigenvalue weighted by Gasteiger charge is -2.45. The zero-order chi connectivity index (χ0) is 33.0. The second kappa shape index (κ2) is 10.4. The molecule has 240 valence electrons. The number of hydrogen-bond donors (Lipinski definition) is 0. The maximum atomic E-state index is 14.2. The van der Waals surface area contributed by atoms with E-state index < -0.39 is 90.8 Å². The van der Waals surface area contributed by atoms with Gasteiger partial charge in [0.1, 0.15) is 0 Å². The van der Waals surface area contributed by atoms with Gasteiger partial charge in [0.2, 0.25) is 0 Å². The molecule has 0 amide bonds. The van der Waals surface area contributed by atoms with Crippen LogP contribution in [-0.2, 0) is 9.53 Å². The van der Waals surface area contributed by atoms with E-state index in [1.807, 2.05) is 0 Å². The third kappa shape index (κ3) is 4.99. The first-order valence-corrected chi connectivity index (χ1v) is 9.79. The summed E-state index contributed by atoms with van der Waals surface area (Å²) in [5.41, 5.74) is 0. The van der Waals surface area contributed by atoms with Crippen LogP contribution < -0.4 is 0 Å². The molecule has 0 heterocycles. The number of ether oxygens (including phenoxy) is 1. The molecule has 0 fully saturated rings. The zero-order valence-corrected chi connectivity index (χ0v) is 19.0. The van der Waals surface area contributed by atoms with Crippen LogP contribution in [0.15, 0.2) is 0 Å². The molecule has 0 aromatic carbocycles. The molecule has 0 radical (unpaired) electrons. The molecule has 0 saturated heterocycles. The minimum atomic E-state index is -9.22. The van der Waals surface area contributed by atoms with E-state index in [0.29, 0.717) is 6.92 Å². The highest BCUT2D eigenvalue weighted by Gasteiger charge is 2.98. The van der Waals surface area contributed by atoms with Gasteiger partial charge in [-0.1, -0.05) is 6.92 Å². The zero-order valence-electron chi connectivity index (χ0n) is 19.0. The van der Waals surface area contributed by atoms with Gasteiger partial charge in [0.25, 0.3) is 0 Å². The highest BCUT2D eigenvalue weighted by atomic mass is 19.4. The second-order valence-corrected chi connectivity index (χ2v) is 7.83. The van der Waals surface area contributed by atoms with Crippen LogP contribution in [-0.4, -0.2) is 72.1 Å². The van der Waals surface area contributed by atoms with Crippen molar-refractivity contribution < 1.29 is 102 Å². The summed E-state index contributed by atoms with van der Waals surface area (Å²) in [6.45, 7) is 0.641. The van der Waals surface area contributed by atoms with Gasteiger partial charge < -0.3 is 4.74 Å². The Labute approximate surface area is 207 Å². The summed E-state index contributed by atoms with van der Waals surface area (Å²) in [7, 11) is 0. The smallest absolute Gasteiger partial charge is 0.460 e. The minimum absolute atomic E-state index is 0.371. The number of esters is 1. The van der Waals surface area contributed by atoms with E-state index in [1.54, 1.807) is 0 Å². The topological polar surface area (TPSA) is 26.3 Å². The van der Waals surface area contributed by atoms with Crippen LogP contribution >= 0.6 is 0 Å². The Morgan fingerprint density at radius 3 is 1.02 bits per heavy atom. The lowest BCUT2D eigenvalue weighted by Crippen LogP contribution is -2.77. The first kappa shape index (κ1) is 38.0. The van der Waals surface area contributed by atoms with Crippen LogP contribution in [0.1, 0.15) is 26.7 Å². The Morgan fingerprint density at radius 1 is 0.500 bits per heavy atom. The third-order valence-corrected chi connectivity index (χ3v) is 5.26. The SMILES string of the molecule is CCOC(=O)CC(CC)C(F)(F)C(F)(F)C(F)(F)C(F)(F)C(F)(F)C(F)(F)C(F)(F)C(F)(F)C(F)(F)C(F)(F)F. The highest BCUT2D eigenvalue weighted by Crippen LogP contribution is 2.66. The van der Waals surface area contributed by atoms with Crippen molar-refractivity contribution in [3.05, 3.63) is 0 Å². The Morgan fingerprint density at radius 2 is 0.775 bits per heavy atom. The molecule has 1 unspecified atom stereocenters. The molecule has 0 rings (SSSR count). The predicted molar refractivity (Wildman–Crippen MR) is 85.6 cm³/mol. The summed E-state index contributed by atoms with van der Waals surface area (Å²) in [6, 6.07) is 0. The van der Waals surface area contributed by atoms with Crippen LogP contribution in [0.2, 0.25) is 0 Å². The van der Waals surface area contributed by atoms with Crippen molar-refractivity contribution >= 4 is 5.97 Å². The number of carbonyl (C=O) groups excluding carboxylic acids is 1. The summed E-state index contributed by atoms with van der Waals surface area (Å²) in [4.78, 5) is 11.2. The Hall–Kier alpha value is -2.00. The molecule has 0 aromatic heterocycles. The number of hydrogen-bond acceptors (Lipinski definition) is 2. The Kier molecular flexibility index (Phi) is 9.85. The van der Waals surface area contributed by atoms with Gasteiger partial charge in [-0.05, 0) is 13.3 Å². The molecular formula is C17H13F21O2. The van der Waals surface area contributed by atoms with Crippen LogP contribution in [0, 0.1) is 5.92 Å². The van der Waals surface area contributed by atoms with E-state index in [2.05, 4.69) is 4.74 Å². The van der Waals surface area contributed by atoms with Crippen LogP contribution in [0.4, 0.5) is 92.2 Å². The second-order valence-electron chi connectivity index (χ2n) is 7.83. The molecule has 0 aliphatic heterocycles. The molecule has 1 atom stereocenters. The van der Waals surface area contributed by atoms with Gasteiger partial charge in [-0.2, -0.15) is 92.2 Å². The molecular weight excluding hydrogens is 635 g/mol. The number of rotatable bonds is 13. The lowest BCUT2D eigenvalue weighted by atomic mass is 9.82. The summed E-state index contributed by atoms with van der Waals surface area (Å²) in [5.74, 6) is -83.0. The Balaban J connectivity index is 7.07.